The first-order chi connectivity index (χ1) is 8.89. The van der Waals surface area contributed by atoms with Gasteiger partial charge in [0.1, 0.15) is 28.0 Å². The van der Waals surface area contributed by atoms with E-state index < -0.39 is 11.7 Å². The van der Waals surface area contributed by atoms with Crippen LogP contribution >= 0.6 is 15.9 Å². The van der Waals surface area contributed by atoms with Gasteiger partial charge in [-0.05, 0) is 35.2 Å². The average Bonchev–Trinajstić information content (AvgIpc) is 3.11. The van der Waals surface area contributed by atoms with E-state index in [-0.39, 0.29) is 18.7 Å². The molecule has 1 heterocycles. The molecule has 2 rings (SSSR count). The third-order valence-corrected chi connectivity index (χ3v) is 3.73. The van der Waals surface area contributed by atoms with Crippen LogP contribution in [0.25, 0.3) is 0 Å². The van der Waals surface area contributed by atoms with Crippen LogP contribution in [0.5, 0.6) is 0 Å². The van der Waals surface area contributed by atoms with Gasteiger partial charge in [0.25, 0.3) is 0 Å². The molecule has 0 bridgehead atoms. The number of hydrogen-bond acceptors (Lipinski definition) is 4. The van der Waals surface area contributed by atoms with E-state index >= 15 is 0 Å². The molecule has 1 aliphatic rings. The monoisotopic (exact) mass is 338 g/mol. The topological polar surface area (TPSA) is 49.8 Å². The van der Waals surface area contributed by atoms with Crippen LogP contribution in [0.1, 0.15) is 26.2 Å². The Morgan fingerprint density at radius 2 is 1.95 bits per heavy atom. The van der Waals surface area contributed by atoms with Crippen molar-refractivity contribution >= 4 is 27.6 Å². The summed E-state index contributed by atoms with van der Waals surface area (Å²) in [6.45, 7) is 2.68. The Balaban J connectivity index is 2.17. The van der Waals surface area contributed by atoms with Crippen LogP contribution in [0.3, 0.4) is 0 Å². The largest absolute Gasteiger partial charge is 0.411 e. The zero-order valence-electron chi connectivity index (χ0n) is 10.3. The number of nitrogens with zero attached hydrogens (tertiary/aromatic N) is 2. The van der Waals surface area contributed by atoms with Crippen LogP contribution in [-0.4, -0.2) is 28.2 Å². The third-order valence-electron chi connectivity index (χ3n) is 2.98. The predicted octanol–water partition coefficient (Wildman–Crippen LogP) is 3.57. The lowest BCUT2D eigenvalue weighted by Crippen LogP contribution is -2.39. The van der Waals surface area contributed by atoms with Crippen molar-refractivity contribution in [1.82, 2.24) is 9.97 Å². The summed E-state index contributed by atoms with van der Waals surface area (Å²) in [6, 6.07) is 0. The number of anilines is 2. The standard InChI is InChI=1S/C11H14BrF3N4/c1-2-5-16-8-7(12)9(18-6-17-8)19-10(3-4-10)11(13,14)15/h6H,2-5H2,1H3,(H2,16,17,18,19). The van der Waals surface area contributed by atoms with E-state index in [0.717, 1.165) is 6.42 Å². The van der Waals surface area contributed by atoms with Crippen molar-refractivity contribution in [2.45, 2.75) is 37.9 Å². The second-order valence-corrected chi connectivity index (χ2v) is 5.31. The molecule has 0 unspecified atom stereocenters. The van der Waals surface area contributed by atoms with Gasteiger partial charge >= 0.3 is 6.18 Å². The highest BCUT2D eigenvalue weighted by atomic mass is 79.9. The molecule has 1 fully saturated rings. The minimum Gasteiger partial charge on any atom is -0.369 e. The highest BCUT2D eigenvalue weighted by Crippen LogP contribution is 2.51. The van der Waals surface area contributed by atoms with Crippen molar-refractivity contribution in [1.29, 1.82) is 0 Å². The van der Waals surface area contributed by atoms with Gasteiger partial charge in [0.2, 0.25) is 0 Å². The molecule has 2 N–H and O–H groups in total. The highest BCUT2D eigenvalue weighted by molar-refractivity contribution is 9.10. The fourth-order valence-corrected chi connectivity index (χ4v) is 2.10. The van der Waals surface area contributed by atoms with Crippen LogP contribution in [0.2, 0.25) is 0 Å². The minimum atomic E-state index is -4.27. The number of halogens is 4. The Hall–Kier alpha value is -1.05. The molecule has 1 aliphatic carbocycles. The van der Waals surface area contributed by atoms with E-state index in [2.05, 4.69) is 36.5 Å². The second kappa shape index (κ2) is 5.15. The Morgan fingerprint density at radius 1 is 1.32 bits per heavy atom. The van der Waals surface area contributed by atoms with Crippen LogP contribution in [0, 0.1) is 0 Å². The van der Waals surface area contributed by atoms with Gasteiger partial charge in [-0.15, -0.1) is 0 Å². The second-order valence-electron chi connectivity index (χ2n) is 4.52. The smallest absolute Gasteiger partial charge is 0.369 e. The molecule has 1 aromatic heterocycles. The molecule has 0 spiro atoms. The summed E-state index contributed by atoms with van der Waals surface area (Å²) in [5.41, 5.74) is -1.83. The Labute approximate surface area is 117 Å². The van der Waals surface area contributed by atoms with Crippen molar-refractivity contribution in [3.63, 3.8) is 0 Å². The maximum absolute atomic E-state index is 12.9. The van der Waals surface area contributed by atoms with E-state index in [9.17, 15) is 13.2 Å². The average molecular weight is 339 g/mol. The normalized spacial score (nSPS) is 17.1. The van der Waals surface area contributed by atoms with Crippen molar-refractivity contribution in [2.24, 2.45) is 0 Å². The maximum Gasteiger partial charge on any atom is 0.411 e. The van der Waals surface area contributed by atoms with E-state index in [4.69, 9.17) is 0 Å². The van der Waals surface area contributed by atoms with E-state index in [1.807, 2.05) is 6.92 Å². The third kappa shape index (κ3) is 2.93. The van der Waals surface area contributed by atoms with Gasteiger partial charge in [-0.2, -0.15) is 13.2 Å². The summed E-state index contributed by atoms with van der Waals surface area (Å²) >= 11 is 3.24. The Bertz CT molecular complexity index is 460. The summed E-state index contributed by atoms with van der Waals surface area (Å²) in [7, 11) is 0. The lowest BCUT2D eigenvalue weighted by atomic mass is 10.2. The summed E-state index contributed by atoms with van der Waals surface area (Å²) < 4.78 is 39.1. The van der Waals surface area contributed by atoms with Crippen molar-refractivity contribution in [2.75, 3.05) is 17.2 Å². The highest BCUT2D eigenvalue weighted by Gasteiger charge is 2.63. The number of hydrogen-bond donors (Lipinski definition) is 2. The number of alkyl halides is 3. The zero-order chi connectivity index (χ0) is 14.1. The van der Waals surface area contributed by atoms with Gasteiger partial charge < -0.3 is 10.6 Å². The van der Waals surface area contributed by atoms with Crippen LogP contribution in [0.15, 0.2) is 10.8 Å². The molecule has 8 heteroatoms. The molecule has 0 aromatic carbocycles. The van der Waals surface area contributed by atoms with Gasteiger partial charge in [-0.3, -0.25) is 0 Å². The Kier molecular flexibility index (Phi) is 3.89. The summed E-state index contributed by atoms with van der Waals surface area (Å²) in [4.78, 5) is 7.88. The number of aromatic nitrogens is 2. The molecule has 1 saturated carbocycles. The molecule has 0 radical (unpaired) electrons. The first-order valence-electron chi connectivity index (χ1n) is 5.99. The van der Waals surface area contributed by atoms with Gasteiger partial charge in [-0.25, -0.2) is 9.97 Å². The molecule has 0 atom stereocenters. The molecule has 0 aliphatic heterocycles. The first-order valence-corrected chi connectivity index (χ1v) is 6.78. The van der Waals surface area contributed by atoms with Crippen LogP contribution in [-0.2, 0) is 0 Å². The fraction of sp³-hybridized carbons (Fsp3) is 0.636. The summed E-state index contributed by atoms with van der Waals surface area (Å²) in [6.07, 6.45) is -1.98. The lowest BCUT2D eigenvalue weighted by molar-refractivity contribution is -0.151. The van der Waals surface area contributed by atoms with Gasteiger partial charge in [0.15, 0.2) is 0 Å². The SMILES string of the molecule is CCCNc1ncnc(NC2(C(F)(F)F)CC2)c1Br. The number of rotatable bonds is 5. The Morgan fingerprint density at radius 3 is 2.47 bits per heavy atom. The van der Waals surface area contributed by atoms with E-state index in [1.54, 1.807) is 0 Å². The molecule has 1 aromatic rings. The van der Waals surface area contributed by atoms with Gasteiger partial charge in [0, 0.05) is 6.54 Å². The quantitative estimate of drug-likeness (QED) is 0.861. The molecular weight excluding hydrogens is 325 g/mol. The van der Waals surface area contributed by atoms with Crippen LogP contribution < -0.4 is 10.6 Å². The zero-order valence-corrected chi connectivity index (χ0v) is 11.9. The molecule has 0 amide bonds. The molecule has 4 nitrogen and oxygen atoms in total. The van der Waals surface area contributed by atoms with Crippen molar-refractivity contribution in [3.8, 4) is 0 Å². The van der Waals surface area contributed by atoms with Gasteiger partial charge in [0.05, 0.1) is 0 Å². The van der Waals surface area contributed by atoms with E-state index in [1.165, 1.54) is 6.33 Å². The lowest BCUT2D eigenvalue weighted by Gasteiger charge is -2.22. The van der Waals surface area contributed by atoms with Crippen molar-refractivity contribution < 1.29 is 13.2 Å². The summed E-state index contributed by atoms with van der Waals surface area (Å²) in [5, 5.41) is 5.52. The number of nitrogens with one attached hydrogen (secondary N) is 2. The van der Waals surface area contributed by atoms with Crippen molar-refractivity contribution in [3.05, 3.63) is 10.8 Å². The fourth-order valence-electron chi connectivity index (χ4n) is 1.65. The van der Waals surface area contributed by atoms with Gasteiger partial charge in [-0.1, -0.05) is 6.92 Å². The van der Waals surface area contributed by atoms with E-state index in [0.29, 0.717) is 16.8 Å². The summed E-state index contributed by atoms with van der Waals surface area (Å²) in [5.74, 6) is 0.667. The molecule has 19 heavy (non-hydrogen) atoms. The molecule has 0 saturated heterocycles. The first kappa shape index (κ1) is 14.4. The molecular formula is C11H14BrF3N4. The van der Waals surface area contributed by atoms with Crippen LogP contribution in [0.4, 0.5) is 24.8 Å². The maximum atomic E-state index is 12.9. The minimum absolute atomic E-state index is 0.0741. The molecule has 106 valence electrons. The predicted molar refractivity (Wildman–Crippen MR) is 70.2 cm³/mol.